The van der Waals surface area contributed by atoms with E-state index in [9.17, 15) is 26.4 Å². The lowest BCUT2D eigenvalue weighted by Crippen LogP contribution is -2.30. The molecule has 23 heavy (non-hydrogen) atoms. The Hall–Kier alpha value is -2.38. The van der Waals surface area contributed by atoms with E-state index in [2.05, 4.69) is 13.5 Å². The molecular weight excluding hydrogens is 356 g/mol. The van der Waals surface area contributed by atoms with Gasteiger partial charge in [-0.25, -0.2) is 14.3 Å². The molecule has 0 aliphatic carbocycles. The summed E-state index contributed by atoms with van der Waals surface area (Å²) in [5.74, 6) is -4.07. The normalized spacial score (nSPS) is 11.4. The first-order chi connectivity index (χ1) is 10.5. The predicted octanol–water partition coefficient (Wildman–Crippen LogP) is -0.968. The zero-order valence-corrected chi connectivity index (χ0v) is 13.2. The average molecular weight is 368 g/mol. The van der Waals surface area contributed by atoms with Crippen molar-refractivity contribution in [2.45, 2.75) is 6.92 Å². The zero-order valence-electron chi connectivity index (χ0n) is 11.6. The van der Waals surface area contributed by atoms with Crippen LogP contribution >= 0.6 is 0 Å². The highest BCUT2D eigenvalue weighted by molar-refractivity contribution is 7.88. The Morgan fingerprint density at radius 1 is 1.09 bits per heavy atom. The van der Waals surface area contributed by atoms with Crippen LogP contribution in [0.4, 0.5) is 5.69 Å². The highest BCUT2D eigenvalue weighted by atomic mass is 32.2. The van der Waals surface area contributed by atoms with Crippen LogP contribution in [0.3, 0.4) is 0 Å². The van der Waals surface area contributed by atoms with Gasteiger partial charge in [0.2, 0.25) is 0 Å². The predicted molar refractivity (Wildman–Crippen MR) is 75.4 cm³/mol. The Balaban J connectivity index is 2.85. The lowest BCUT2D eigenvalue weighted by atomic mass is 10.3. The molecule has 0 saturated carbocycles. The molecular formula is C10H12N2O9S2. The highest BCUT2D eigenvalue weighted by Gasteiger charge is 2.28. The van der Waals surface area contributed by atoms with E-state index in [4.69, 9.17) is 4.74 Å². The van der Waals surface area contributed by atoms with Gasteiger partial charge in [0.05, 0.1) is 12.3 Å². The van der Waals surface area contributed by atoms with Crippen LogP contribution in [0.1, 0.15) is 6.92 Å². The third-order valence-corrected chi connectivity index (χ3v) is 3.19. The minimum absolute atomic E-state index is 0.0676. The second-order valence-electron chi connectivity index (χ2n) is 3.72. The fraction of sp³-hybridized carbons (Fsp3) is 0.200. The lowest BCUT2D eigenvalue weighted by molar-refractivity contribution is -0.155. The van der Waals surface area contributed by atoms with E-state index in [-0.39, 0.29) is 18.0 Å². The fourth-order valence-corrected chi connectivity index (χ4v) is 2.29. The molecule has 0 unspecified atom stereocenters. The van der Waals surface area contributed by atoms with Gasteiger partial charge in [0.25, 0.3) is 0 Å². The molecule has 1 aromatic carbocycles. The molecule has 1 aromatic rings. The van der Waals surface area contributed by atoms with E-state index in [0.717, 1.165) is 0 Å². The van der Waals surface area contributed by atoms with Gasteiger partial charge in [-0.2, -0.15) is 22.0 Å². The minimum atomic E-state index is -4.79. The third kappa shape index (κ3) is 6.50. The molecule has 0 radical (unpaired) electrons. The van der Waals surface area contributed by atoms with Gasteiger partial charge in [0.1, 0.15) is 5.75 Å². The molecule has 0 atom stereocenters. The first-order valence-corrected chi connectivity index (χ1v) is 8.66. The summed E-state index contributed by atoms with van der Waals surface area (Å²) < 4.78 is 58.5. The number of carbonyl (C=O) groups excluding carboxylic acids is 2. The largest absolute Gasteiger partial charge is 0.492 e. The molecule has 0 spiro atoms. The summed E-state index contributed by atoms with van der Waals surface area (Å²) in [6.45, 7) is 1.90. The van der Waals surface area contributed by atoms with E-state index >= 15 is 0 Å². The number of nitrogens with one attached hydrogen (secondary N) is 1. The first kappa shape index (κ1) is 18.7. The zero-order chi connectivity index (χ0) is 17.7. The van der Waals surface area contributed by atoms with Crippen LogP contribution in [0.5, 0.6) is 5.75 Å². The van der Waals surface area contributed by atoms with Crippen molar-refractivity contribution >= 4 is 38.2 Å². The Morgan fingerprint density at radius 2 is 1.65 bits per heavy atom. The number of anilines is 1. The molecule has 0 amide bonds. The smallest absolute Gasteiger partial charge is 0.435 e. The molecule has 1 rings (SSSR count). The van der Waals surface area contributed by atoms with E-state index in [0.29, 0.717) is 0 Å². The maximum Gasteiger partial charge on any atom is 0.435 e. The minimum Gasteiger partial charge on any atom is -0.492 e. The van der Waals surface area contributed by atoms with Crippen LogP contribution in [0.2, 0.25) is 0 Å². The third-order valence-electron chi connectivity index (χ3n) is 1.97. The van der Waals surface area contributed by atoms with Crippen molar-refractivity contribution in [1.82, 2.24) is 0 Å². The molecule has 13 heteroatoms. The Labute approximate surface area is 131 Å². The molecule has 11 nitrogen and oxygen atoms in total. The van der Waals surface area contributed by atoms with Crippen LogP contribution in [0.25, 0.3) is 0 Å². The Bertz CT molecular complexity index is 801. The summed E-state index contributed by atoms with van der Waals surface area (Å²) >= 11 is 0. The van der Waals surface area contributed by atoms with Crippen molar-refractivity contribution in [3.8, 4) is 5.75 Å². The molecule has 0 bridgehead atoms. The van der Waals surface area contributed by atoms with Crippen molar-refractivity contribution in [2.24, 2.45) is 5.14 Å². The van der Waals surface area contributed by atoms with Gasteiger partial charge in [-0.1, -0.05) is 12.1 Å². The van der Waals surface area contributed by atoms with E-state index in [1.165, 1.54) is 18.2 Å². The van der Waals surface area contributed by atoms with Crippen LogP contribution in [-0.4, -0.2) is 35.4 Å². The number of para-hydroxylation sites is 2. The molecule has 128 valence electrons. The second kappa shape index (κ2) is 7.26. The standard InChI is InChI=1S/C10H12N2O9S2/c1-2-19-8-6-4-3-5-7(8)12-23(17,18)21-10(14)9(13)20-22(11,15)16/h3-6,12H,2H2,1H3,(H2,11,15,16). The summed E-state index contributed by atoms with van der Waals surface area (Å²) in [6.07, 6.45) is 0. The summed E-state index contributed by atoms with van der Waals surface area (Å²) in [4.78, 5) is 22.2. The van der Waals surface area contributed by atoms with Crippen molar-refractivity contribution in [3.63, 3.8) is 0 Å². The summed E-state index contributed by atoms with van der Waals surface area (Å²) in [6, 6.07) is 5.78. The number of rotatable bonds is 6. The number of hydrogen-bond donors (Lipinski definition) is 2. The van der Waals surface area contributed by atoms with Gasteiger partial charge in [0, 0.05) is 0 Å². The van der Waals surface area contributed by atoms with Gasteiger partial charge >= 0.3 is 32.5 Å². The second-order valence-corrected chi connectivity index (χ2v) is 6.15. The van der Waals surface area contributed by atoms with Gasteiger partial charge in [-0.05, 0) is 19.1 Å². The molecule has 0 aromatic heterocycles. The van der Waals surface area contributed by atoms with Gasteiger partial charge in [-0.15, -0.1) is 0 Å². The maximum atomic E-state index is 11.6. The number of ether oxygens (including phenoxy) is 1. The highest BCUT2D eigenvalue weighted by Crippen LogP contribution is 2.24. The molecule has 0 aliphatic heterocycles. The Kier molecular flexibility index (Phi) is 5.89. The van der Waals surface area contributed by atoms with Crippen LogP contribution in [-0.2, 0) is 38.6 Å². The number of nitrogens with two attached hydrogens (primary N) is 1. The maximum absolute atomic E-state index is 11.6. The lowest BCUT2D eigenvalue weighted by Gasteiger charge is -2.11. The molecule has 0 aliphatic rings. The van der Waals surface area contributed by atoms with Crippen LogP contribution < -0.4 is 14.6 Å². The van der Waals surface area contributed by atoms with E-state index in [1.54, 1.807) is 13.0 Å². The molecule has 3 N–H and O–H groups in total. The van der Waals surface area contributed by atoms with Crippen LogP contribution in [0, 0.1) is 0 Å². The van der Waals surface area contributed by atoms with Gasteiger partial charge < -0.3 is 13.1 Å². The SMILES string of the molecule is CCOc1ccccc1NS(=O)(=O)OC(=O)C(=O)OS(N)(=O)=O. The van der Waals surface area contributed by atoms with Gasteiger partial charge in [-0.3, -0.25) is 0 Å². The van der Waals surface area contributed by atoms with Crippen molar-refractivity contribution < 1.29 is 39.5 Å². The monoisotopic (exact) mass is 368 g/mol. The fourth-order valence-electron chi connectivity index (χ4n) is 1.26. The Morgan fingerprint density at radius 3 is 2.22 bits per heavy atom. The molecule has 0 heterocycles. The quantitative estimate of drug-likeness (QED) is 0.600. The topological polar surface area (TPSA) is 168 Å². The van der Waals surface area contributed by atoms with E-state index in [1.807, 2.05) is 4.72 Å². The van der Waals surface area contributed by atoms with E-state index < -0.39 is 32.5 Å². The first-order valence-electron chi connectivity index (χ1n) is 5.78. The molecule has 0 fully saturated rings. The molecule has 0 saturated heterocycles. The van der Waals surface area contributed by atoms with Crippen molar-refractivity contribution in [2.75, 3.05) is 11.3 Å². The summed E-state index contributed by atoms with van der Waals surface area (Å²) in [7, 11) is -9.57. The summed E-state index contributed by atoms with van der Waals surface area (Å²) in [5.41, 5.74) is -0.0676. The summed E-state index contributed by atoms with van der Waals surface area (Å²) in [5, 5.41) is 4.35. The van der Waals surface area contributed by atoms with Crippen LogP contribution in [0.15, 0.2) is 24.3 Å². The van der Waals surface area contributed by atoms with Gasteiger partial charge in [0.15, 0.2) is 0 Å². The average Bonchev–Trinajstić information content (AvgIpc) is 2.38. The number of benzene rings is 1. The number of carbonyl (C=O) groups is 2. The number of hydrogen-bond acceptors (Lipinski definition) is 9. The van der Waals surface area contributed by atoms with Crippen molar-refractivity contribution in [1.29, 1.82) is 0 Å². The van der Waals surface area contributed by atoms with Crippen molar-refractivity contribution in [3.05, 3.63) is 24.3 Å².